The van der Waals surface area contributed by atoms with Crippen LogP contribution < -0.4 is 5.32 Å². The zero-order valence-corrected chi connectivity index (χ0v) is 18.4. The molecule has 3 atom stereocenters. The maximum atomic E-state index is 12.4. The van der Waals surface area contributed by atoms with E-state index < -0.39 is 40.0 Å². The highest BCUT2D eigenvalue weighted by Gasteiger charge is 2.64. The Hall–Kier alpha value is -2.08. The Morgan fingerprint density at radius 3 is 2.83 bits per heavy atom. The second-order valence-electron chi connectivity index (χ2n) is 7.22. The van der Waals surface area contributed by atoms with Crippen molar-refractivity contribution in [3.05, 3.63) is 16.4 Å². The molecule has 2 aliphatic rings. The van der Waals surface area contributed by atoms with Crippen molar-refractivity contribution in [2.75, 3.05) is 6.61 Å². The van der Waals surface area contributed by atoms with Crippen LogP contribution in [0.25, 0.3) is 0 Å². The standard InChI is InChI=1S/C17H21BrN4O6S/c1-4-5-8(9-6-10(18)21-28-9)20-27-7-11(23)19-12-14(24)22-13(16(25)26)17(2,3)29-15(12)22/h6,12-13,15H,4-5,7H2,1-3H3,(H,19,23)(H,25,26)/b20-8+/t12-,13+,15-/m1/s1. The topological polar surface area (TPSA) is 134 Å². The van der Waals surface area contributed by atoms with Crippen LogP contribution in [0.4, 0.5) is 0 Å². The number of carboxylic acids is 1. The van der Waals surface area contributed by atoms with Crippen LogP contribution in [0.15, 0.2) is 20.3 Å². The number of carboxylic acid groups (broad SMARTS) is 1. The predicted octanol–water partition coefficient (Wildman–Crippen LogP) is 1.59. The van der Waals surface area contributed by atoms with E-state index in [2.05, 4.69) is 31.6 Å². The quantitative estimate of drug-likeness (QED) is 0.320. The number of carbonyl (C=O) groups is 3. The predicted molar refractivity (Wildman–Crippen MR) is 107 cm³/mol. The van der Waals surface area contributed by atoms with E-state index in [0.717, 1.165) is 6.42 Å². The Bertz CT molecular complexity index is 857. The number of aromatic nitrogens is 1. The molecular weight excluding hydrogens is 468 g/mol. The molecule has 2 N–H and O–H groups in total. The summed E-state index contributed by atoms with van der Waals surface area (Å²) in [5.74, 6) is -1.54. The van der Waals surface area contributed by atoms with Crippen molar-refractivity contribution in [1.29, 1.82) is 0 Å². The molecular formula is C17H21BrN4O6S. The third kappa shape index (κ3) is 4.27. The molecule has 3 rings (SSSR count). The number of rotatable bonds is 8. The molecule has 0 unspecified atom stereocenters. The highest BCUT2D eigenvalue weighted by atomic mass is 79.9. The molecule has 0 aromatic carbocycles. The first-order chi connectivity index (χ1) is 13.7. The molecule has 12 heteroatoms. The summed E-state index contributed by atoms with van der Waals surface area (Å²) in [6, 6.07) is -0.0434. The summed E-state index contributed by atoms with van der Waals surface area (Å²) in [5.41, 5.74) is 0.516. The lowest BCUT2D eigenvalue weighted by Gasteiger charge is -2.43. The summed E-state index contributed by atoms with van der Waals surface area (Å²) in [4.78, 5) is 42.5. The van der Waals surface area contributed by atoms with Gasteiger partial charge in [0, 0.05) is 10.8 Å². The highest BCUT2D eigenvalue weighted by molar-refractivity contribution is 9.10. The van der Waals surface area contributed by atoms with E-state index in [-0.39, 0.29) is 6.61 Å². The number of nitrogens with one attached hydrogen (secondary N) is 1. The summed E-state index contributed by atoms with van der Waals surface area (Å²) in [6.45, 7) is 5.13. The summed E-state index contributed by atoms with van der Waals surface area (Å²) < 4.78 is 5.01. The molecule has 1 aromatic heterocycles. The van der Waals surface area contributed by atoms with E-state index in [9.17, 15) is 19.5 Å². The number of halogens is 1. The van der Waals surface area contributed by atoms with Crippen LogP contribution in [0.1, 0.15) is 39.4 Å². The Kier molecular flexibility index (Phi) is 6.22. The first-order valence-electron chi connectivity index (χ1n) is 8.99. The van der Waals surface area contributed by atoms with E-state index >= 15 is 0 Å². The van der Waals surface area contributed by atoms with Gasteiger partial charge in [-0.25, -0.2) is 4.79 Å². The molecule has 2 amide bonds. The summed E-state index contributed by atoms with van der Waals surface area (Å²) in [7, 11) is 0. The molecule has 2 fully saturated rings. The molecule has 2 aliphatic heterocycles. The first kappa shape index (κ1) is 21.6. The molecule has 0 saturated carbocycles. The Morgan fingerprint density at radius 2 is 2.24 bits per heavy atom. The number of oxime groups is 1. The van der Waals surface area contributed by atoms with Crippen LogP contribution in [0, 0.1) is 0 Å². The van der Waals surface area contributed by atoms with Crippen molar-refractivity contribution in [3.8, 4) is 0 Å². The van der Waals surface area contributed by atoms with Crippen molar-refractivity contribution in [3.63, 3.8) is 0 Å². The average molecular weight is 489 g/mol. The third-order valence-corrected chi connectivity index (χ3v) is 6.56. The molecule has 10 nitrogen and oxygen atoms in total. The number of carbonyl (C=O) groups excluding carboxylic acids is 2. The van der Waals surface area contributed by atoms with Gasteiger partial charge >= 0.3 is 5.97 Å². The van der Waals surface area contributed by atoms with Crippen molar-refractivity contribution in [1.82, 2.24) is 15.4 Å². The van der Waals surface area contributed by atoms with Crippen LogP contribution in [0.5, 0.6) is 0 Å². The van der Waals surface area contributed by atoms with Gasteiger partial charge < -0.3 is 24.7 Å². The molecule has 0 radical (unpaired) electrons. The zero-order valence-electron chi connectivity index (χ0n) is 16.0. The third-order valence-electron chi connectivity index (χ3n) is 4.61. The Balaban J connectivity index is 1.56. The van der Waals surface area contributed by atoms with Gasteiger partial charge in [0.15, 0.2) is 12.4 Å². The van der Waals surface area contributed by atoms with Crippen LogP contribution >= 0.6 is 27.7 Å². The second-order valence-corrected chi connectivity index (χ2v) is 9.80. The van der Waals surface area contributed by atoms with Gasteiger partial charge in [-0.05, 0) is 36.2 Å². The molecule has 0 aliphatic carbocycles. The fraction of sp³-hybridized carbons (Fsp3) is 0.588. The van der Waals surface area contributed by atoms with Gasteiger partial charge in [-0.3, -0.25) is 9.59 Å². The normalized spacial score (nSPS) is 25.4. The first-order valence-corrected chi connectivity index (χ1v) is 10.7. The molecule has 29 heavy (non-hydrogen) atoms. The van der Waals surface area contributed by atoms with E-state index in [0.29, 0.717) is 22.5 Å². The van der Waals surface area contributed by atoms with Gasteiger partial charge in [-0.15, -0.1) is 11.8 Å². The minimum absolute atomic E-state index is 0.380. The Morgan fingerprint density at radius 1 is 1.52 bits per heavy atom. The lowest BCUT2D eigenvalue weighted by Crippen LogP contribution is -2.70. The van der Waals surface area contributed by atoms with E-state index in [1.165, 1.54) is 16.7 Å². The fourth-order valence-electron chi connectivity index (χ4n) is 3.37. The molecule has 2 saturated heterocycles. The summed E-state index contributed by atoms with van der Waals surface area (Å²) in [6.07, 6.45) is 1.36. The van der Waals surface area contributed by atoms with Gasteiger partial charge in [0.25, 0.3) is 5.91 Å². The number of hydrogen-bond donors (Lipinski definition) is 2. The lowest BCUT2D eigenvalue weighted by molar-refractivity contribution is -0.161. The van der Waals surface area contributed by atoms with Gasteiger partial charge in [-0.1, -0.05) is 23.7 Å². The number of hydrogen-bond acceptors (Lipinski definition) is 8. The second kappa shape index (κ2) is 8.34. The number of nitrogens with zero attached hydrogens (tertiary/aromatic N) is 3. The van der Waals surface area contributed by atoms with Gasteiger partial charge in [-0.2, -0.15) is 0 Å². The summed E-state index contributed by atoms with van der Waals surface area (Å²) >= 11 is 4.55. The SMILES string of the molecule is CCC/C(=N\OCC(=O)N[C@@H]1C(=O)N2[C@@H]1SC(C)(C)[C@@H]2C(=O)O)c1cc(Br)no1. The van der Waals surface area contributed by atoms with E-state index in [1.807, 2.05) is 6.92 Å². The molecule has 1 aromatic rings. The number of thioether (sulfide) groups is 1. The van der Waals surface area contributed by atoms with Crippen LogP contribution in [0.2, 0.25) is 0 Å². The minimum atomic E-state index is -1.05. The fourth-order valence-corrected chi connectivity index (χ4v) is 5.28. The van der Waals surface area contributed by atoms with Gasteiger partial charge in [0.2, 0.25) is 5.91 Å². The van der Waals surface area contributed by atoms with E-state index in [1.54, 1.807) is 19.9 Å². The van der Waals surface area contributed by atoms with Crippen molar-refractivity contribution < 1.29 is 28.9 Å². The monoisotopic (exact) mass is 488 g/mol. The largest absolute Gasteiger partial charge is 0.480 e. The van der Waals surface area contributed by atoms with Crippen molar-refractivity contribution in [2.24, 2.45) is 5.16 Å². The van der Waals surface area contributed by atoms with E-state index in [4.69, 9.17) is 9.36 Å². The highest BCUT2D eigenvalue weighted by Crippen LogP contribution is 2.50. The molecule has 0 spiro atoms. The number of β-lactam (4-membered cyclic amide) rings is 1. The zero-order chi connectivity index (χ0) is 21.3. The number of fused-ring (bicyclic) bond motifs is 1. The van der Waals surface area contributed by atoms with Crippen LogP contribution in [-0.2, 0) is 19.2 Å². The number of aliphatic carboxylic acids is 1. The maximum absolute atomic E-state index is 12.4. The van der Waals surface area contributed by atoms with Crippen LogP contribution in [-0.4, -0.2) is 67.5 Å². The maximum Gasteiger partial charge on any atom is 0.327 e. The molecule has 3 heterocycles. The van der Waals surface area contributed by atoms with Gasteiger partial charge in [0.1, 0.15) is 27.8 Å². The number of amides is 2. The minimum Gasteiger partial charge on any atom is -0.480 e. The average Bonchev–Trinajstić information content (AvgIpc) is 3.18. The molecule has 158 valence electrons. The Labute approximate surface area is 179 Å². The smallest absolute Gasteiger partial charge is 0.327 e. The van der Waals surface area contributed by atoms with Gasteiger partial charge in [0.05, 0.1) is 0 Å². The summed E-state index contributed by atoms with van der Waals surface area (Å²) in [5, 5.41) is 19.3. The lowest BCUT2D eigenvalue weighted by atomic mass is 9.96. The molecule has 0 bridgehead atoms. The van der Waals surface area contributed by atoms with Crippen molar-refractivity contribution in [2.45, 2.75) is 55.8 Å². The van der Waals surface area contributed by atoms with Crippen LogP contribution in [0.3, 0.4) is 0 Å². The van der Waals surface area contributed by atoms with Crippen molar-refractivity contribution >= 4 is 51.2 Å².